The molecule has 0 aliphatic heterocycles. The fourth-order valence-corrected chi connectivity index (χ4v) is 8.74. The molecule has 4 rings (SSSR count). The molecule has 0 aliphatic carbocycles. The molecule has 0 saturated carbocycles. The van der Waals surface area contributed by atoms with E-state index < -0.39 is 0 Å². The minimum absolute atomic E-state index is 0. The molecule has 0 saturated heterocycles. The largest absolute Gasteiger partial charge is 0.332 e. The van der Waals surface area contributed by atoms with Crippen LogP contribution in [-0.4, -0.2) is 10.8 Å². The van der Waals surface area contributed by atoms with Gasteiger partial charge in [-0.1, -0.05) is 121 Å². The Morgan fingerprint density at radius 3 is 0.694 bits per heavy atom. The van der Waals surface area contributed by atoms with Crippen LogP contribution < -0.4 is 21.2 Å². The molecule has 0 aliphatic rings. The van der Waals surface area contributed by atoms with Crippen molar-refractivity contribution in [2.75, 3.05) is 0 Å². The second-order valence-corrected chi connectivity index (χ2v) is 14.6. The van der Waals surface area contributed by atoms with Gasteiger partial charge in [-0.2, -0.15) is 0 Å². The predicted molar refractivity (Wildman–Crippen MR) is 170 cm³/mol. The van der Waals surface area contributed by atoms with Crippen LogP contribution >= 0.6 is 59.1 Å². The number of hydrogen-bond donors (Lipinski definition) is 0. The third-order valence-electron chi connectivity index (χ3n) is 4.46. The zero-order valence-corrected chi connectivity index (χ0v) is 28.3. The summed E-state index contributed by atoms with van der Waals surface area (Å²) in [5.41, 5.74) is 0. The van der Waals surface area contributed by atoms with E-state index in [-0.39, 0.29) is 65.7 Å². The van der Waals surface area contributed by atoms with E-state index in [1.807, 2.05) is 0 Å². The Morgan fingerprint density at radius 2 is 0.528 bits per heavy atom. The quantitative estimate of drug-likeness (QED) is 0.102. The van der Waals surface area contributed by atoms with Crippen LogP contribution in [0.5, 0.6) is 0 Å². The molecule has 4 aromatic rings. The first-order valence-corrected chi connectivity index (χ1v) is 14.9. The maximum absolute atomic E-state index is 4.25. The summed E-state index contributed by atoms with van der Waals surface area (Å²) >= 11 is 0. The second-order valence-electron chi connectivity index (χ2n) is 7.15. The Bertz CT molecular complexity index is 847. The molecule has 0 fully saturated rings. The second kappa shape index (κ2) is 23.4. The standard InChI is InChI=1S/2C14H15P2.2ClH.2Pd/c2*1-12(15-13-8-4-2-5-9-13)16-14-10-6-3-7-11-14;;;;/h2*2-12,15-16H,1H2;2*1H;;/q2*-1;;;;. The van der Waals surface area contributed by atoms with E-state index in [9.17, 15) is 0 Å². The Morgan fingerprint density at radius 1 is 0.361 bits per heavy atom. The third-order valence-corrected chi connectivity index (χ3v) is 10.3. The smallest absolute Gasteiger partial charge is 0 e. The van der Waals surface area contributed by atoms with Crippen LogP contribution in [0.3, 0.4) is 0 Å². The van der Waals surface area contributed by atoms with Gasteiger partial charge in [0.2, 0.25) is 0 Å². The van der Waals surface area contributed by atoms with Crippen molar-refractivity contribution in [2.45, 2.75) is 10.8 Å². The summed E-state index contributed by atoms with van der Waals surface area (Å²) in [5.74, 6) is 0. The fourth-order valence-electron chi connectivity index (χ4n) is 3.01. The molecular formula is C28H32Cl2P4Pd2-2. The first kappa shape index (κ1) is 38.7. The number of hydrogen-bond acceptors (Lipinski definition) is 0. The van der Waals surface area contributed by atoms with E-state index >= 15 is 0 Å². The van der Waals surface area contributed by atoms with Crippen LogP contribution in [-0.2, 0) is 40.8 Å². The van der Waals surface area contributed by atoms with Crippen molar-refractivity contribution in [3.63, 3.8) is 0 Å². The molecular weight excluding hydrogens is 744 g/mol. The zero-order chi connectivity index (χ0) is 22.4. The van der Waals surface area contributed by atoms with Gasteiger partial charge in [-0.25, -0.2) is 0 Å². The molecule has 4 atom stereocenters. The van der Waals surface area contributed by atoms with Crippen molar-refractivity contribution in [2.24, 2.45) is 0 Å². The average Bonchev–Trinajstić information content (AvgIpc) is 2.82. The summed E-state index contributed by atoms with van der Waals surface area (Å²) in [6.45, 7) is 8.51. The Hall–Kier alpha value is 0.505. The molecule has 4 aromatic carbocycles. The Balaban J connectivity index is 0. The van der Waals surface area contributed by atoms with Gasteiger partial charge in [-0.05, 0) is 21.2 Å². The Labute approximate surface area is 265 Å². The van der Waals surface area contributed by atoms with E-state index in [1.54, 1.807) is 0 Å². The fraction of sp³-hybridized carbons (Fsp3) is 0.0714. The first-order chi connectivity index (χ1) is 15.7. The van der Waals surface area contributed by atoms with Crippen molar-refractivity contribution in [1.29, 1.82) is 0 Å². The van der Waals surface area contributed by atoms with Crippen LogP contribution in [0.15, 0.2) is 121 Å². The van der Waals surface area contributed by atoms with E-state index in [4.69, 9.17) is 0 Å². The molecule has 0 aromatic heterocycles. The molecule has 0 nitrogen and oxygen atoms in total. The normalized spacial score (nSPS) is 12.3. The molecule has 8 heteroatoms. The summed E-state index contributed by atoms with van der Waals surface area (Å²) < 4.78 is 0. The topological polar surface area (TPSA) is 0 Å². The average molecular weight is 776 g/mol. The van der Waals surface area contributed by atoms with Gasteiger partial charge in [0.15, 0.2) is 0 Å². The zero-order valence-electron chi connectivity index (χ0n) is 19.6. The van der Waals surface area contributed by atoms with E-state index in [2.05, 4.69) is 135 Å². The minimum Gasteiger partial charge on any atom is -0.332 e. The summed E-state index contributed by atoms with van der Waals surface area (Å²) in [6.07, 6.45) is 0. The van der Waals surface area contributed by atoms with Crippen molar-refractivity contribution < 1.29 is 40.8 Å². The molecule has 36 heavy (non-hydrogen) atoms. The van der Waals surface area contributed by atoms with Gasteiger partial charge >= 0.3 is 0 Å². The molecule has 200 valence electrons. The number of benzene rings is 4. The van der Waals surface area contributed by atoms with E-state index in [0.29, 0.717) is 10.8 Å². The van der Waals surface area contributed by atoms with Crippen LogP contribution in [0.4, 0.5) is 0 Å². The monoisotopic (exact) mass is 774 g/mol. The first-order valence-electron chi connectivity index (χ1n) is 10.6. The van der Waals surface area contributed by atoms with Crippen LogP contribution in [0, 0.1) is 13.8 Å². The van der Waals surface area contributed by atoms with Crippen molar-refractivity contribution in [1.82, 2.24) is 0 Å². The Kier molecular flexibility index (Phi) is 25.1. The van der Waals surface area contributed by atoms with Gasteiger partial charge in [0.25, 0.3) is 0 Å². The van der Waals surface area contributed by atoms with Gasteiger partial charge < -0.3 is 13.8 Å². The molecule has 0 bridgehead atoms. The number of rotatable bonds is 8. The molecule has 0 heterocycles. The maximum Gasteiger partial charge on any atom is 0 e. The SMILES string of the molecule is Cl.Cl.[CH2-]C(Pc1ccccc1)Pc1ccccc1.[CH2-]C(Pc1ccccc1)Pc1ccccc1.[Pd].[Pd]. The number of halogens is 2. The van der Waals surface area contributed by atoms with Crippen LogP contribution in [0.1, 0.15) is 0 Å². The maximum atomic E-state index is 4.25. The molecule has 0 N–H and O–H groups in total. The summed E-state index contributed by atoms with van der Waals surface area (Å²) in [7, 11) is 3.22. The van der Waals surface area contributed by atoms with Crippen LogP contribution in [0.2, 0.25) is 0 Å². The summed E-state index contributed by atoms with van der Waals surface area (Å²) in [5, 5.41) is 6.64. The summed E-state index contributed by atoms with van der Waals surface area (Å²) in [6, 6.07) is 42.5. The summed E-state index contributed by atoms with van der Waals surface area (Å²) in [4.78, 5) is 0. The van der Waals surface area contributed by atoms with E-state index in [1.165, 1.54) is 21.2 Å². The minimum atomic E-state index is 0. The van der Waals surface area contributed by atoms with Crippen molar-refractivity contribution >= 4 is 80.4 Å². The van der Waals surface area contributed by atoms with Gasteiger partial charge in [0, 0.05) is 40.8 Å². The van der Waals surface area contributed by atoms with Crippen molar-refractivity contribution in [3.05, 3.63) is 135 Å². The van der Waals surface area contributed by atoms with Gasteiger partial charge in [-0.3, -0.25) is 0 Å². The molecule has 0 radical (unpaired) electrons. The third kappa shape index (κ3) is 16.5. The van der Waals surface area contributed by atoms with E-state index in [0.717, 1.165) is 34.3 Å². The van der Waals surface area contributed by atoms with Gasteiger partial charge in [0.1, 0.15) is 0 Å². The van der Waals surface area contributed by atoms with Gasteiger partial charge in [-0.15, -0.1) is 69.9 Å². The van der Waals surface area contributed by atoms with Crippen LogP contribution in [0.25, 0.3) is 0 Å². The van der Waals surface area contributed by atoms with Crippen molar-refractivity contribution in [3.8, 4) is 0 Å². The molecule has 0 spiro atoms. The molecule has 0 amide bonds. The predicted octanol–water partition coefficient (Wildman–Crippen LogP) is 7.15. The van der Waals surface area contributed by atoms with Gasteiger partial charge in [0.05, 0.1) is 0 Å². The molecule has 4 unspecified atom stereocenters.